The Morgan fingerprint density at radius 3 is 2.47 bits per heavy atom. The quantitative estimate of drug-likeness (QED) is 0.592. The van der Waals surface area contributed by atoms with Crippen LogP contribution >= 0.6 is 11.6 Å². The van der Waals surface area contributed by atoms with E-state index in [1.54, 1.807) is 0 Å². The number of ketones is 1. The molecule has 0 N–H and O–H groups in total. The van der Waals surface area contributed by atoms with E-state index in [1.165, 1.54) is 13.0 Å². The van der Waals surface area contributed by atoms with E-state index in [9.17, 15) is 18.4 Å². The number of carbonyl (C=O) groups excluding carboxylic acids is 2. The van der Waals surface area contributed by atoms with E-state index in [0.29, 0.717) is 6.29 Å². The Morgan fingerprint density at radius 1 is 1.47 bits per heavy atom. The summed E-state index contributed by atoms with van der Waals surface area (Å²) in [6.07, 6.45) is -2.46. The molecule has 1 rings (SSSR count). The van der Waals surface area contributed by atoms with Crippen LogP contribution in [-0.4, -0.2) is 12.1 Å². The van der Waals surface area contributed by atoms with Crippen molar-refractivity contribution in [1.29, 1.82) is 0 Å². The van der Waals surface area contributed by atoms with Crippen LogP contribution in [0.5, 0.6) is 0 Å². The molecule has 0 aliphatic rings. The normalized spacial score (nSPS) is 10.5. The monoisotopic (exact) mass is 232 g/mol. The van der Waals surface area contributed by atoms with Gasteiger partial charge in [0.15, 0.2) is 12.1 Å². The molecule has 0 aromatic heterocycles. The molecule has 5 heteroatoms. The van der Waals surface area contributed by atoms with E-state index < -0.39 is 12.0 Å². The van der Waals surface area contributed by atoms with E-state index in [1.807, 2.05) is 0 Å². The Labute approximate surface area is 89.8 Å². The molecular formula is C10H7ClF2O2. The van der Waals surface area contributed by atoms with Crippen LogP contribution in [0.25, 0.3) is 0 Å². The van der Waals surface area contributed by atoms with Gasteiger partial charge < -0.3 is 0 Å². The van der Waals surface area contributed by atoms with Gasteiger partial charge in [-0.1, -0.05) is 23.7 Å². The third-order valence-electron chi connectivity index (χ3n) is 1.94. The highest BCUT2D eigenvalue weighted by atomic mass is 35.5. The number of hydrogen-bond donors (Lipinski definition) is 0. The number of hydrogen-bond acceptors (Lipinski definition) is 2. The van der Waals surface area contributed by atoms with Crippen molar-refractivity contribution in [3.63, 3.8) is 0 Å². The maximum Gasteiger partial charge on any atom is 0.265 e. The maximum atomic E-state index is 12.4. The molecule has 0 atom stereocenters. The lowest BCUT2D eigenvalue weighted by molar-refractivity contribution is 0.100. The fourth-order valence-corrected chi connectivity index (χ4v) is 1.49. The van der Waals surface area contributed by atoms with Crippen molar-refractivity contribution in [2.45, 2.75) is 13.3 Å². The van der Waals surface area contributed by atoms with Crippen LogP contribution in [0.2, 0.25) is 5.02 Å². The van der Waals surface area contributed by atoms with Gasteiger partial charge in [-0.25, -0.2) is 8.78 Å². The Balaban J connectivity index is 3.45. The summed E-state index contributed by atoms with van der Waals surface area (Å²) in [7, 11) is 0. The van der Waals surface area contributed by atoms with Crippen LogP contribution in [0.1, 0.15) is 39.6 Å². The third-order valence-corrected chi connectivity index (χ3v) is 2.36. The van der Waals surface area contributed by atoms with Crippen molar-refractivity contribution in [2.75, 3.05) is 0 Å². The highest BCUT2D eigenvalue weighted by molar-refractivity contribution is 6.34. The zero-order valence-electron chi connectivity index (χ0n) is 7.76. The van der Waals surface area contributed by atoms with E-state index in [4.69, 9.17) is 11.6 Å². The fourth-order valence-electron chi connectivity index (χ4n) is 1.20. The highest BCUT2D eigenvalue weighted by Crippen LogP contribution is 2.31. The average Bonchev–Trinajstić information content (AvgIpc) is 2.16. The summed E-state index contributed by atoms with van der Waals surface area (Å²) in [6, 6.07) is 2.23. The summed E-state index contributed by atoms with van der Waals surface area (Å²) < 4.78 is 24.8. The zero-order chi connectivity index (χ0) is 11.6. The molecule has 2 nitrogen and oxygen atoms in total. The number of rotatable bonds is 3. The molecule has 1 aromatic rings. The maximum absolute atomic E-state index is 12.4. The molecule has 0 heterocycles. The van der Waals surface area contributed by atoms with Gasteiger partial charge in [0, 0.05) is 16.7 Å². The first-order valence-electron chi connectivity index (χ1n) is 4.05. The predicted molar refractivity (Wildman–Crippen MR) is 51.8 cm³/mol. The van der Waals surface area contributed by atoms with Gasteiger partial charge in [0.25, 0.3) is 6.43 Å². The van der Waals surface area contributed by atoms with Gasteiger partial charge in [0.2, 0.25) is 0 Å². The number of alkyl halides is 2. The molecule has 0 radical (unpaired) electrons. The number of Topliss-reactive ketones (excluding diaryl/α,β-unsaturated/α-hetero) is 1. The average molecular weight is 233 g/mol. The standard InChI is InChI=1S/C10H7ClF2O2/c1-5(15)6-2-3-7(10(12)13)9(11)8(6)4-14/h2-4,10H,1H3. The molecule has 80 valence electrons. The van der Waals surface area contributed by atoms with E-state index in [2.05, 4.69) is 0 Å². The predicted octanol–water partition coefficient (Wildman–Crippen LogP) is 3.29. The summed E-state index contributed by atoms with van der Waals surface area (Å²) in [4.78, 5) is 21.7. The molecule has 0 aliphatic heterocycles. The number of carbonyl (C=O) groups is 2. The van der Waals surface area contributed by atoms with Crippen molar-refractivity contribution in [3.8, 4) is 0 Å². The van der Waals surface area contributed by atoms with Gasteiger partial charge >= 0.3 is 0 Å². The van der Waals surface area contributed by atoms with Crippen LogP contribution in [0.4, 0.5) is 8.78 Å². The summed E-state index contributed by atoms with van der Waals surface area (Å²) in [6.45, 7) is 1.24. The van der Waals surface area contributed by atoms with Gasteiger partial charge in [-0.2, -0.15) is 0 Å². The smallest absolute Gasteiger partial charge is 0.265 e. The van der Waals surface area contributed by atoms with E-state index in [-0.39, 0.29) is 21.9 Å². The molecule has 0 saturated carbocycles. The van der Waals surface area contributed by atoms with Crippen molar-refractivity contribution >= 4 is 23.7 Å². The first kappa shape index (κ1) is 11.8. The zero-order valence-corrected chi connectivity index (χ0v) is 8.52. The minimum Gasteiger partial charge on any atom is -0.298 e. The molecule has 0 amide bonds. The minimum atomic E-state index is -2.77. The lowest BCUT2D eigenvalue weighted by Crippen LogP contribution is -2.02. The van der Waals surface area contributed by atoms with Crippen molar-refractivity contribution in [3.05, 3.63) is 33.8 Å². The molecule has 0 fully saturated rings. The summed E-state index contributed by atoms with van der Waals surface area (Å²) in [5.41, 5.74) is -0.565. The van der Waals surface area contributed by atoms with Crippen LogP contribution in [0, 0.1) is 0 Å². The Bertz CT molecular complexity index is 416. The number of halogens is 3. The van der Waals surface area contributed by atoms with Gasteiger partial charge in [0.1, 0.15) is 0 Å². The molecule has 0 saturated heterocycles. The molecule has 0 spiro atoms. The first-order chi connectivity index (χ1) is 6.99. The van der Waals surface area contributed by atoms with Crippen LogP contribution in [0.15, 0.2) is 12.1 Å². The highest BCUT2D eigenvalue weighted by Gasteiger charge is 2.18. The second kappa shape index (κ2) is 4.49. The second-order valence-corrected chi connectivity index (χ2v) is 3.28. The molecule has 15 heavy (non-hydrogen) atoms. The second-order valence-electron chi connectivity index (χ2n) is 2.90. The topological polar surface area (TPSA) is 34.1 Å². The van der Waals surface area contributed by atoms with Crippen molar-refractivity contribution < 1.29 is 18.4 Å². The summed E-state index contributed by atoms with van der Waals surface area (Å²) in [5, 5.41) is -0.354. The van der Waals surface area contributed by atoms with Crippen LogP contribution in [0.3, 0.4) is 0 Å². The summed E-state index contributed by atoms with van der Waals surface area (Å²) in [5.74, 6) is -0.389. The van der Waals surface area contributed by atoms with Crippen molar-refractivity contribution in [1.82, 2.24) is 0 Å². The van der Waals surface area contributed by atoms with Crippen LogP contribution < -0.4 is 0 Å². The minimum absolute atomic E-state index is 0.0550. The lowest BCUT2D eigenvalue weighted by Gasteiger charge is -2.08. The number of aldehydes is 1. The van der Waals surface area contributed by atoms with Gasteiger partial charge in [-0.05, 0) is 6.92 Å². The largest absolute Gasteiger partial charge is 0.298 e. The van der Waals surface area contributed by atoms with Gasteiger partial charge in [-0.3, -0.25) is 9.59 Å². The Morgan fingerprint density at radius 2 is 2.07 bits per heavy atom. The molecule has 0 unspecified atom stereocenters. The van der Waals surface area contributed by atoms with Crippen molar-refractivity contribution in [2.24, 2.45) is 0 Å². The first-order valence-corrected chi connectivity index (χ1v) is 4.43. The SMILES string of the molecule is CC(=O)c1ccc(C(F)F)c(Cl)c1C=O. The molecular weight excluding hydrogens is 226 g/mol. The third kappa shape index (κ3) is 2.21. The lowest BCUT2D eigenvalue weighted by atomic mass is 10.0. The van der Waals surface area contributed by atoms with Crippen LogP contribution in [-0.2, 0) is 0 Å². The number of benzene rings is 1. The van der Waals surface area contributed by atoms with E-state index >= 15 is 0 Å². The van der Waals surface area contributed by atoms with Gasteiger partial charge in [0.05, 0.1) is 5.02 Å². The Kier molecular flexibility index (Phi) is 3.52. The summed E-state index contributed by atoms with van der Waals surface area (Å²) >= 11 is 5.59. The molecule has 0 aliphatic carbocycles. The van der Waals surface area contributed by atoms with Gasteiger partial charge in [-0.15, -0.1) is 0 Å². The molecule has 1 aromatic carbocycles. The fraction of sp³-hybridized carbons (Fsp3) is 0.200. The molecule has 0 bridgehead atoms. The Hall–Kier alpha value is -1.29. The van der Waals surface area contributed by atoms with E-state index in [0.717, 1.165) is 6.07 Å².